The van der Waals surface area contributed by atoms with Gasteiger partial charge in [-0.25, -0.2) is 4.79 Å². The summed E-state index contributed by atoms with van der Waals surface area (Å²) in [7, 11) is 0. The minimum absolute atomic E-state index is 0.0586. The fraction of sp³-hybridized carbons (Fsp3) is 0.588. The third-order valence-corrected chi connectivity index (χ3v) is 3.86. The highest BCUT2D eigenvalue weighted by Crippen LogP contribution is 2.20. The summed E-state index contributed by atoms with van der Waals surface area (Å²) in [6, 6.07) is 8.35. The van der Waals surface area contributed by atoms with E-state index in [1.165, 1.54) is 5.56 Å². The number of nitrogens with zero attached hydrogens (tertiary/aromatic N) is 1. The van der Waals surface area contributed by atoms with E-state index >= 15 is 0 Å². The maximum atomic E-state index is 11.9. The summed E-state index contributed by atoms with van der Waals surface area (Å²) in [6.07, 6.45) is 4.00. The first-order valence-corrected chi connectivity index (χ1v) is 8.01. The Hall–Kier alpha value is -1.71. The van der Waals surface area contributed by atoms with Crippen LogP contribution in [0.15, 0.2) is 24.3 Å². The lowest BCUT2D eigenvalue weighted by atomic mass is 10.1. The second-order valence-corrected chi connectivity index (χ2v) is 5.54. The minimum Gasteiger partial charge on any atom is -0.490 e. The molecular weight excluding hydrogens is 264 g/mol. The Kier molecular flexibility index (Phi) is 5.90. The van der Waals surface area contributed by atoms with E-state index in [1.807, 2.05) is 17.0 Å². The fourth-order valence-corrected chi connectivity index (χ4v) is 2.55. The number of piperidine rings is 1. The van der Waals surface area contributed by atoms with Crippen LogP contribution in [0.1, 0.15) is 38.7 Å². The molecule has 4 heteroatoms. The summed E-state index contributed by atoms with van der Waals surface area (Å²) in [5.74, 6) is 0.947. The first-order valence-electron chi connectivity index (χ1n) is 8.01. The van der Waals surface area contributed by atoms with Gasteiger partial charge in [0.2, 0.25) is 0 Å². The van der Waals surface area contributed by atoms with E-state index in [-0.39, 0.29) is 12.1 Å². The average Bonchev–Trinajstić information content (AvgIpc) is 2.53. The van der Waals surface area contributed by atoms with Crippen molar-refractivity contribution in [2.24, 2.45) is 0 Å². The Balaban J connectivity index is 1.79. The van der Waals surface area contributed by atoms with Gasteiger partial charge in [-0.1, -0.05) is 26.0 Å². The molecule has 1 heterocycles. The van der Waals surface area contributed by atoms with Gasteiger partial charge < -0.3 is 15.0 Å². The number of benzene rings is 1. The molecule has 1 aromatic carbocycles. The van der Waals surface area contributed by atoms with Crippen LogP contribution in [0.2, 0.25) is 0 Å². The summed E-state index contributed by atoms with van der Waals surface area (Å²) in [4.78, 5) is 13.8. The number of amides is 2. The maximum absolute atomic E-state index is 11.9. The van der Waals surface area contributed by atoms with Gasteiger partial charge in [-0.05, 0) is 30.5 Å². The molecular formula is C17H26N2O2. The summed E-state index contributed by atoms with van der Waals surface area (Å²) in [5.41, 5.74) is 1.30. The van der Waals surface area contributed by atoms with Crippen LogP contribution >= 0.6 is 0 Å². The number of carbonyl (C=O) groups is 1. The highest BCUT2D eigenvalue weighted by atomic mass is 16.5. The van der Waals surface area contributed by atoms with Crippen molar-refractivity contribution in [1.82, 2.24) is 10.2 Å². The van der Waals surface area contributed by atoms with Crippen molar-refractivity contribution in [2.75, 3.05) is 19.6 Å². The lowest BCUT2D eigenvalue weighted by Crippen LogP contribution is -2.46. The highest BCUT2D eigenvalue weighted by molar-refractivity contribution is 5.74. The van der Waals surface area contributed by atoms with Crippen molar-refractivity contribution in [3.05, 3.63) is 29.8 Å². The van der Waals surface area contributed by atoms with Crippen LogP contribution in [0, 0.1) is 0 Å². The fourth-order valence-electron chi connectivity index (χ4n) is 2.55. The molecule has 0 radical (unpaired) electrons. The molecule has 0 aromatic heterocycles. The van der Waals surface area contributed by atoms with Gasteiger partial charge >= 0.3 is 6.03 Å². The Bertz CT molecular complexity index is 454. The summed E-state index contributed by atoms with van der Waals surface area (Å²) in [6.45, 7) is 6.50. The van der Waals surface area contributed by atoms with Crippen LogP contribution in [0.4, 0.5) is 4.79 Å². The predicted octanol–water partition coefficient (Wildman–Crippen LogP) is 3.21. The van der Waals surface area contributed by atoms with Gasteiger partial charge in [0.1, 0.15) is 11.9 Å². The normalized spacial score (nSPS) is 15.8. The van der Waals surface area contributed by atoms with E-state index in [0.29, 0.717) is 0 Å². The number of ether oxygens (including phenoxy) is 1. The molecule has 1 aliphatic heterocycles. The number of urea groups is 1. The zero-order valence-electron chi connectivity index (χ0n) is 13.1. The molecule has 1 aliphatic rings. The first-order chi connectivity index (χ1) is 10.2. The maximum Gasteiger partial charge on any atom is 0.317 e. The van der Waals surface area contributed by atoms with Crippen LogP contribution in [-0.4, -0.2) is 36.7 Å². The van der Waals surface area contributed by atoms with E-state index in [0.717, 1.165) is 51.1 Å². The average molecular weight is 290 g/mol. The van der Waals surface area contributed by atoms with Gasteiger partial charge in [0.15, 0.2) is 0 Å². The zero-order valence-corrected chi connectivity index (χ0v) is 13.1. The molecule has 0 saturated carbocycles. The molecule has 1 saturated heterocycles. The lowest BCUT2D eigenvalue weighted by Gasteiger charge is -2.32. The monoisotopic (exact) mass is 290 g/mol. The number of likely N-dealkylation sites (tertiary alicyclic amines) is 1. The molecule has 2 rings (SSSR count). The van der Waals surface area contributed by atoms with E-state index in [2.05, 4.69) is 31.3 Å². The van der Waals surface area contributed by atoms with Gasteiger partial charge in [-0.3, -0.25) is 0 Å². The Labute approximate surface area is 127 Å². The van der Waals surface area contributed by atoms with Crippen molar-refractivity contribution in [3.8, 4) is 5.75 Å². The summed E-state index contributed by atoms with van der Waals surface area (Å²) in [5, 5.41) is 2.93. The van der Waals surface area contributed by atoms with E-state index < -0.39 is 0 Å². The van der Waals surface area contributed by atoms with Gasteiger partial charge in [0.25, 0.3) is 0 Å². The Morgan fingerprint density at radius 3 is 2.76 bits per heavy atom. The molecule has 21 heavy (non-hydrogen) atoms. The summed E-state index contributed by atoms with van der Waals surface area (Å²) >= 11 is 0. The first kappa shape index (κ1) is 15.7. The van der Waals surface area contributed by atoms with E-state index in [4.69, 9.17) is 4.74 Å². The van der Waals surface area contributed by atoms with E-state index in [9.17, 15) is 4.79 Å². The third kappa shape index (κ3) is 4.66. The summed E-state index contributed by atoms with van der Waals surface area (Å²) < 4.78 is 6.05. The van der Waals surface area contributed by atoms with Crippen LogP contribution in [0.3, 0.4) is 0 Å². The van der Waals surface area contributed by atoms with Crippen molar-refractivity contribution in [3.63, 3.8) is 0 Å². The molecule has 1 N–H and O–H groups in total. The molecule has 4 nitrogen and oxygen atoms in total. The standard InChI is InChI=1S/C17H26N2O2/c1-3-10-18-17(20)19-11-8-15(9-12-19)21-16-7-5-6-14(4-2)13-16/h5-7,13,15H,3-4,8-12H2,1-2H3,(H,18,20). The van der Waals surface area contributed by atoms with Crippen LogP contribution in [0.25, 0.3) is 0 Å². The highest BCUT2D eigenvalue weighted by Gasteiger charge is 2.23. The molecule has 1 aromatic rings. The van der Waals surface area contributed by atoms with Crippen molar-refractivity contribution in [2.45, 2.75) is 45.6 Å². The predicted molar refractivity (Wildman–Crippen MR) is 84.7 cm³/mol. The molecule has 0 aliphatic carbocycles. The Morgan fingerprint density at radius 1 is 1.33 bits per heavy atom. The van der Waals surface area contributed by atoms with Crippen molar-refractivity contribution < 1.29 is 9.53 Å². The second kappa shape index (κ2) is 7.91. The van der Waals surface area contributed by atoms with Crippen molar-refractivity contribution in [1.29, 1.82) is 0 Å². The lowest BCUT2D eigenvalue weighted by molar-refractivity contribution is 0.111. The van der Waals surface area contributed by atoms with E-state index in [1.54, 1.807) is 0 Å². The number of carbonyl (C=O) groups excluding carboxylic acids is 1. The number of hydrogen-bond acceptors (Lipinski definition) is 2. The smallest absolute Gasteiger partial charge is 0.317 e. The molecule has 1 fully saturated rings. The van der Waals surface area contributed by atoms with Crippen LogP contribution < -0.4 is 10.1 Å². The third-order valence-electron chi connectivity index (χ3n) is 3.86. The molecule has 0 bridgehead atoms. The second-order valence-electron chi connectivity index (χ2n) is 5.54. The number of hydrogen-bond donors (Lipinski definition) is 1. The molecule has 2 amide bonds. The SMILES string of the molecule is CCCNC(=O)N1CCC(Oc2cccc(CC)c2)CC1. The van der Waals surface area contributed by atoms with Gasteiger partial charge in [-0.2, -0.15) is 0 Å². The Morgan fingerprint density at radius 2 is 2.10 bits per heavy atom. The number of aryl methyl sites for hydroxylation is 1. The number of nitrogens with one attached hydrogen (secondary N) is 1. The van der Waals surface area contributed by atoms with Gasteiger partial charge in [-0.15, -0.1) is 0 Å². The quantitative estimate of drug-likeness (QED) is 0.904. The van der Waals surface area contributed by atoms with Crippen LogP contribution in [-0.2, 0) is 6.42 Å². The molecule has 0 unspecified atom stereocenters. The largest absolute Gasteiger partial charge is 0.490 e. The topological polar surface area (TPSA) is 41.6 Å². The number of rotatable bonds is 5. The molecule has 0 spiro atoms. The van der Waals surface area contributed by atoms with Crippen molar-refractivity contribution >= 4 is 6.03 Å². The van der Waals surface area contributed by atoms with Gasteiger partial charge in [0.05, 0.1) is 0 Å². The zero-order chi connectivity index (χ0) is 15.1. The van der Waals surface area contributed by atoms with Gasteiger partial charge in [0, 0.05) is 32.5 Å². The molecule has 116 valence electrons. The molecule has 0 atom stereocenters. The van der Waals surface area contributed by atoms with Crippen LogP contribution in [0.5, 0.6) is 5.75 Å². The minimum atomic E-state index is 0.0586.